The Morgan fingerprint density at radius 1 is 0.963 bits per heavy atom. The minimum atomic E-state index is -1.32. The first-order valence-corrected chi connectivity index (χ1v) is 8.21. The molecule has 2 heterocycles. The predicted molar refractivity (Wildman–Crippen MR) is 98.2 cm³/mol. The van der Waals surface area contributed by atoms with Crippen molar-refractivity contribution in [1.82, 2.24) is 15.0 Å². The molecule has 0 aliphatic heterocycles. The van der Waals surface area contributed by atoms with Crippen LogP contribution in [-0.2, 0) is 0 Å². The van der Waals surface area contributed by atoms with Crippen molar-refractivity contribution in [3.05, 3.63) is 60.2 Å². The summed E-state index contributed by atoms with van der Waals surface area (Å²) in [5.41, 5.74) is 0.220. The number of benzene rings is 1. The van der Waals surface area contributed by atoms with Gasteiger partial charge in [0.05, 0.1) is 5.69 Å². The number of pyridine rings is 1. The molecule has 140 valence electrons. The van der Waals surface area contributed by atoms with Crippen LogP contribution < -0.4 is 10.6 Å². The predicted octanol–water partition coefficient (Wildman–Crippen LogP) is 4.91. The molecule has 0 bridgehead atoms. The molecule has 0 fully saturated rings. The average Bonchev–Trinajstić information content (AvgIpc) is 2.61. The zero-order valence-electron chi connectivity index (χ0n) is 15.0. The van der Waals surface area contributed by atoms with Crippen molar-refractivity contribution >= 4 is 17.5 Å². The van der Waals surface area contributed by atoms with E-state index in [-0.39, 0.29) is 17.3 Å². The number of aromatic nitrogens is 3. The molecule has 0 aliphatic carbocycles. The van der Waals surface area contributed by atoms with Gasteiger partial charge in [-0.2, -0.15) is 4.98 Å². The maximum Gasteiger partial charge on any atom is 0.225 e. The summed E-state index contributed by atoms with van der Waals surface area (Å²) >= 11 is 0. The third-order valence-electron chi connectivity index (χ3n) is 3.47. The number of hydrogen-bond acceptors (Lipinski definition) is 5. The monoisotopic (exact) mass is 373 g/mol. The molecule has 3 rings (SSSR count). The van der Waals surface area contributed by atoms with E-state index in [2.05, 4.69) is 25.6 Å². The molecule has 0 radical (unpaired) electrons. The van der Waals surface area contributed by atoms with Gasteiger partial charge in [0, 0.05) is 29.6 Å². The van der Waals surface area contributed by atoms with Crippen molar-refractivity contribution < 1.29 is 13.2 Å². The highest BCUT2D eigenvalue weighted by Gasteiger charge is 2.17. The SMILES string of the molecule is CC(C)(C)Nc1nc(Nc2c(F)ccc(F)c2F)cc(-c2cccnc2)n1. The lowest BCUT2D eigenvalue weighted by atomic mass is 10.1. The van der Waals surface area contributed by atoms with E-state index in [0.29, 0.717) is 11.3 Å². The number of halogens is 3. The Labute approximate surface area is 154 Å². The Kier molecular flexibility index (Phi) is 4.98. The van der Waals surface area contributed by atoms with Crippen LogP contribution in [0, 0.1) is 17.5 Å². The Bertz CT molecular complexity index is 956. The van der Waals surface area contributed by atoms with E-state index < -0.39 is 23.1 Å². The quantitative estimate of drug-likeness (QED) is 0.636. The molecule has 0 saturated carbocycles. The highest BCUT2D eigenvalue weighted by Crippen LogP contribution is 2.28. The number of rotatable bonds is 4. The number of hydrogen-bond donors (Lipinski definition) is 2. The molecule has 27 heavy (non-hydrogen) atoms. The van der Waals surface area contributed by atoms with Crippen molar-refractivity contribution in [2.45, 2.75) is 26.3 Å². The standard InChI is InChI=1S/C19H18F3N5/c1-19(2,3)27-18-24-14(11-5-4-8-23-10-11)9-15(26-18)25-17-13(21)7-6-12(20)16(17)22/h4-10H,1-3H3,(H2,24,25,26,27). The normalized spacial score (nSPS) is 11.3. The maximum atomic E-state index is 14.0. The summed E-state index contributed by atoms with van der Waals surface area (Å²) in [6.45, 7) is 5.77. The molecule has 2 aromatic heterocycles. The van der Waals surface area contributed by atoms with Gasteiger partial charge in [0.2, 0.25) is 5.95 Å². The van der Waals surface area contributed by atoms with Crippen molar-refractivity contribution in [3.8, 4) is 11.3 Å². The highest BCUT2D eigenvalue weighted by molar-refractivity contribution is 5.67. The zero-order chi connectivity index (χ0) is 19.6. The lowest BCUT2D eigenvalue weighted by molar-refractivity contribution is 0.499. The summed E-state index contributed by atoms with van der Waals surface area (Å²) in [7, 11) is 0. The van der Waals surface area contributed by atoms with Gasteiger partial charge in [-0.15, -0.1) is 0 Å². The Hall–Kier alpha value is -3.16. The molecule has 1 aromatic carbocycles. The van der Waals surface area contributed by atoms with Crippen LogP contribution in [-0.4, -0.2) is 20.5 Å². The van der Waals surface area contributed by atoms with Gasteiger partial charge in [-0.05, 0) is 45.0 Å². The van der Waals surface area contributed by atoms with Gasteiger partial charge in [-0.3, -0.25) is 4.98 Å². The van der Waals surface area contributed by atoms with Crippen LogP contribution in [0.5, 0.6) is 0 Å². The Morgan fingerprint density at radius 3 is 2.37 bits per heavy atom. The van der Waals surface area contributed by atoms with Crippen molar-refractivity contribution in [2.75, 3.05) is 10.6 Å². The summed E-state index contributed by atoms with van der Waals surface area (Å²) < 4.78 is 41.4. The Balaban J connectivity index is 2.07. The second kappa shape index (κ2) is 7.22. The molecule has 0 spiro atoms. The van der Waals surface area contributed by atoms with Crippen LogP contribution in [0.4, 0.5) is 30.6 Å². The van der Waals surface area contributed by atoms with Crippen LogP contribution in [0.25, 0.3) is 11.3 Å². The first-order chi connectivity index (χ1) is 12.7. The minimum Gasteiger partial charge on any atom is -0.350 e. The van der Waals surface area contributed by atoms with E-state index in [9.17, 15) is 13.2 Å². The van der Waals surface area contributed by atoms with Crippen LogP contribution in [0.15, 0.2) is 42.7 Å². The van der Waals surface area contributed by atoms with Crippen LogP contribution in [0.3, 0.4) is 0 Å². The average molecular weight is 373 g/mol. The van der Waals surface area contributed by atoms with E-state index in [1.54, 1.807) is 24.5 Å². The molecule has 2 N–H and O–H groups in total. The molecular weight excluding hydrogens is 355 g/mol. The maximum absolute atomic E-state index is 14.0. The second-order valence-corrected chi connectivity index (χ2v) is 6.92. The molecule has 0 unspecified atom stereocenters. The van der Waals surface area contributed by atoms with E-state index >= 15 is 0 Å². The molecule has 0 aliphatic rings. The molecular formula is C19H18F3N5. The summed E-state index contributed by atoms with van der Waals surface area (Å²) in [5, 5.41) is 5.63. The van der Waals surface area contributed by atoms with Gasteiger partial charge >= 0.3 is 0 Å². The Morgan fingerprint density at radius 2 is 1.70 bits per heavy atom. The summed E-state index contributed by atoms with van der Waals surface area (Å²) in [4.78, 5) is 12.7. The number of nitrogens with zero attached hydrogens (tertiary/aromatic N) is 3. The topological polar surface area (TPSA) is 62.7 Å². The van der Waals surface area contributed by atoms with E-state index in [4.69, 9.17) is 0 Å². The first kappa shape index (κ1) is 18.6. The third kappa shape index (κ3) is 4.52. The highest BCUT2D eigenvalue weighted by atomic mass is 19.2. The minimum absolute atomic E-state index is 0.110. The summed E-state index contributed by atoms with van der Waals surface area (Å²) in [6, 6.07) is 6.62. The number of anilines is 3. The summed E-state index contributed by atoms with van der Waals surface area (Å²) in [6.07, 6.45) is 3.23. The smallest absolute Gasteiger partial charge is 0.225 e. The van der Waals surface area contributed by atoms with E-state index in [1.807, 2.05) is 20.8 Å². The van der Waals surface area contributed by atoms with Crippen LogP contribution >= 0.6 is 0 Å². The molecule has 0 amide bonds. The van der Waals surface area contributed by atoms with Gasteiger partial charge in [0.25, 0.3) is 0 Å². The van der Waals surface area contributed by atoms with E-state index in [0.717, 1.165) is 12.1 Å². The fourth-order valence-corrected chi connectivity index (χ4v) is 2.33. The van der Waals surface area contributed by atoms with Gasteiger partial charge in [0.15, 0.2) is 11.6 Å². The van der Waals surface area contributed by atoms with Gasteiger partial charge < -0.3 is 10.6 Å². The van der Waals surface area contributed by atoms with Gasteiger partial charge in [0.1, 0.15) is 17.3 Å². The zero-order valence-corrected chi connectivity index (χ0v) is 15.0. The number of nitrogens with one attached hydrogen (secondary N) is 2. The summed E-state index contributed by atoms with van der Waals surface area (Å²) in [5.74, 6) is -3.04. The fourth-order valence-electron chi connectivity index (χ4n) is 2.33. The van der Waals surface area contributed by atoms with E-state index in [1.165, 1.54) is 6.07 Å². The van der Waals surface area contributed by atoms with Gasteiger partial charge in [-0.25, -0.2) is 18.2 Å². The van der Waals surface area contributed by atoms with Crippen LogP contribution in [0.2, 0.25) is 0 Å². The molecule has 0 atom stereocenters. The lowest BCUT2D eigenvalue weighted by Crippen LogP contribution is -2.27. The van der Waals surface area contributed by atoms with Crippen molar-refractivity contribution in [1.29, 1.82) is 0 Å². The third-order valence-corrected chi connectivity index (χ3v) is 3.47. The first-order valence-electron chi connectivity index (χ1n) is 8.21. The van der Waals surface area contributed by atoms with Crippen molar-refractivity contribution in [3.63, 3.8) is 0 Å². The van der Waals surface area contributed by atoms with Crippen LogP contribution in [0.1, 0.15) is 20.8 Å². The lowest BCUT2D eigenvalue weighted by Gasteiger charge is -2.21. The molecule has 3 aromatic rings. The fraction of sp³-hybridized carbons (Fsp3) is 0.211. The van der Waals surface area contributed by atoms with Gasteiger partial charge in [-0.1, -0.05) is 0 Å². The molecule has 5 nitrogen and oxygen atoms in total. The molecule has 8 heteroatoms. The molecule has 0 saturated heterocycles. The second-order valence-electron chi connectivity index (χ2n) is 6.92. The largest absolute Gasteiger partial charge is 0.350 e. The van der Waals surface area contributed by atoms with Crippen molar-refractivity contribution in [2.24, 2.45) is 0 Å².